The number of nitrogens with one attached hydrogen (secondary N) is 2. The summed E-state index contributed by atoms with van der Waals surface area (Å²) in [6.45, 7) is 7.65. The number of esters is 1. The first-order chi connectivity index (χ1) is 13.2. The van der Waals surface area contributed by atoms with Crippen molar-refractivity contribution in [1.82, 2.24) is 15.3 Å². The molecular formula is C18H23N5O3S2. The van der Waals surface area contributed by atoms with Gasteiger partial charge in [0.1, 0.15) is 10.6 Å². The maximum atomic E-state index is 12.0. The number of aryl methyl sites for hydroxylation is 1. The van der Waals surface area contributed by atoms with Crippen LogP contribution in [-0.2, 0) is 16.0 Å². The van der Waals surface area contributed by atoms with Gasteiger partial charge in [0.25, 0.3) is 0 Å². The van der Waals surface area contributed by atoms with Crippen LogP contribution in [0.4, 0.5) is 9.93 Å². The highest BCUT2D eigenvalue weighted by molar-refractivity contribution is 7.19. The molecule has 0 saturated carbocycles. The van der Waals surface area contributed by atoms with E-state index >= 15 is 0 Å². The molecule has 8 nitrogen and oxygen atoms in total. The minimum absolute atomic E-state index is 0.243. The van der Waals surface area contributed by atoms with Crippen LogP contribution >= 0.6 is 22.7 Å². The number of aromatic nitrogens is 2. The third kappa shape index (κ3) is 6.90. The summed E-state index contributed by atoms with van der Waals surface area (Å²) in [5.41, 5.74) is 1.02. The highest BCUT2D eigenvalue weighted by Crippen LogP contribution is 2.33. The molecule has 0 spiro atoms. The van der Waals surface area contributed by atoms with Gasteiger partial charge in [-0.2, -0.15) is 5.26 Å². The highest BCUT2D eigenvalue weighted by Gasteiger charge is 2.16. The molecule has 0 saturated heterocycles. The standard InChI is InChI=1S/C18H23N5O3S2/c1-11-15(12-10-27-13(22-12)7-8-19)28-17(21-11)23-16(25)20-9-5-6-14(24)26-18(2,3)4/h10H,5-7,9H2,1-4H3,(H2,20,21,23,25). The Morgan fingerprint density at radius 3 is 2.75 bits per heavy atom. The summed E-state index contributed by atoms with van der Waals surface area (Å²) in [5, 5.41) is 17.2. The van der Waals surface area contributed by atoms with Gasteiger partial charge in [0.2, 0.25) is 0 Å². The molecule has 0 aliphatic carbocycles. The van der Waals surface area contributed by atoms with Crippen molar-refractivity contribution in [3.63, 3.8) is 0 Å². The number of nitriles is 1. The summed E-state index contributed by atoms with van der Waals surface area (Å²) in [7, 11) is 0. The van der Waals surface area contributed by atoms with E-state index in [9.17, 15) is 9.59 Å². The van der Waals surface area contributed by atoms with Crippen LogP contribution < -0.4 is 10.6 Å². The minimum atomic E-state index is -0.505. The van der Waals surface area contributed by atoms with Crippen molar-refractivity contribution < 1.29 is 14.3 Å². The average molecular weight is 422 g/mol. The summed E-state index contributed by atoms with van der Waals surface area (Å²) in [5.74, 6) is -0.283. The van der Waals surface area contributed by atoms with Crippen LogP contribution in [0.15, 0.2) is 5.38 Å². The number of hydrogen-bond acceptors (Lipinski definition) is 8. The molecular weight excluding hydrogens is 398 g/mol. The van der Waals surface area contributed by atoms with E-state index < -0.39 is 5.60 Å². The van der Waals surface area contributed by atoms with E-state index in [0.29, 0.717) is 18.1 Å². The fourth-order valence-electron chi connectivity index (χ4n) is 2.22. The van der Waals surface area contributed by atoms with Crippen LogP contribution in [0.25, 0.3) is 10.6 Å². The number of carbonyl (C=O) groups is 2. The monoisotopic (exact) mass is 421 g/mol. The zero-order valence-corrected chi connectivity index (χ0v) is 17.9. The zero-order chi connectivity index (χ0) is 20.7. The highest BCUT2D eigenvalue weighted by atomic mass is 32.1. The fourth-order valence-corrected chi connectivity index (χ4v) is 3.93. The molecule has 2 N–H and O–H groups in total. The number of thiazole rings is 2. The number of carbonyl (C=O) groups excluding carboxylic acids is 2. The van der Waals surface area contributed by atoms with Crippen molar-refractivity contribution in [2.24, 2.45) is 0 Å². The second-order valence-corrected chi connectivity index (χ2v) is 8.91. The molecule has 0 fully saturated rings. The largest absolute Gasteiger partial charge is 0.460 e. The molecule has 2 aromatic rings. The van der Waals surface area contributed by atoms with Crippen molar-refractivity contribution >= 4 is 39.8 Å². The first kappa shape index (κ1) is 21.8. The molecule has 2 heterocycles. The molecule has 0 atom stereocenters. The number of nitrogens with zero attached hydrogens (tertiary/aromatic N) is 3. The molecule has 2 rings (SSSR count). The van der Waals surface area contributed by atoms with Crippen LogP contribution in [0.2, 0.25) is 0 Å². The van der Waals surface area contributed by atoms with E-state index in [1.807, 2.05) is 33.1 Å². The van der Waals surface area contributed by atoms with Crippen LogP contribution in [0, 0.1) is 18.3 Å². The normalized spacial score (nSPS) is 11.0. The number of amides is 2. The number of ether oxygens (including phenoxy) is 1. The number of rotatable bonds is 7. The van der Waals surface area contributed by atoms with E-state index in [4.69, 9.17) is 10.00 Å². The van der Waals surface area contributed by atoms with Gasteiger partial charge in [-0.05, 0) is 34.1 Å². The van der Waals surface area contributed by atoms with Crippen molar-refractivity contribution in [3.05, 3.63) is 16.1 Å². The first-order valence-corrected chi connectivity index (χ1v) is 10.4. The Hall–Kier alpha value is -2.51. The van der Waals surface area contributed by atoms with Crippen molar-refractivity contribution in [2.45, 2.75) is 52.6 Å². The van der Waals surface area contributed by atoms with Gasteiger partial charge in [-0.3, -0.25) is 10.1 Å². The molecule has 0 bridgehead atoms. The third-order valence-electron chi connectivity index (χ3n) is 3.29. The van der Waals surface area contributed by atoms with Gasteiger partial charge in [0.15, 0.2) is 5.13 Å². The third-order valence-corrected chi connectivity index (χ3v) is 5.24. The van der Waals surface area contributed by atoms with Gasteiger partial charge < -0.3 is 10.1 Å². The second-order valence-electron chi connectivity index (χ2n) is 6.97. The number of urea groups is 1. The Bertz CT molecular complexity index is 877. The van der Waals surface area contributed by atoms with Crippen LogP contribution in [0.5, 0.6) is 0 Å². The molecule has 2 aromatic heterocycles. The molecule has 28 heavy (non-hydrogen) atoms. The minimum Gasteiger partial charge on any atom is -0.460 e. The molecule has 0 aliphatic rings. The number of hydrogen-bond donors (Lipinski definition) is 2. The lowest BCUT2D eigenvalue weighted by Crippen LogP contribution is -2.30. The topological polar surface area (TPSA) is 117 Å². The quantitative estimate of drug-likeness (QED) is 0.517. The average Bonchev–Trinajstić information content (AvgIpc) is 3.17. The summed E-state index contributed by atoms with van der Waals surface area (Å²) in [6, 6.07) is 1.70. The zero-order valence-electron chi connectivity index (χ0n) is 16.3. The Morgan fingerprint density at radius 2 is 2.07 bits per heavy atom. The van der Waals surface area contributed by atoms with Crippen molar-refractivity contribution in [3.8, 4) is 16.6 Å². The van der Waals surface area contributed by atoms with Gasteiger partial charge >= 0.3 is 12.0 Å². The van der Waals surface area contributed by atoms with Gasteiger partial charge in [0.05, 0.1) is 28.8 Å². The lowest BCUT2D eigenvalue weighted by Gasteiger charge is -2.19. The predicted molar refractivity (Wildman–Crippen MR) is 109 cm³/mol. The summed E-state index contributed by atoms with van der Waals surface area (Å²) in [6.07, 6.45) is 1.01. The van der Waals surface area contributed by atoms with Crippen LogP contribution in [0.1, 0.15) is 44.3 Å². The van der Waals surface area contributed by atoms with Crippen LogP contribution in [-0.4, -0.2) is 34.1 Å². The molecule has 0 radical (unpaired) electrons. The van der Waals surface area contributed by atoms with Gasteiger partial charge in [0, 0.05) is 18.3 Å². The van der Waals surface area contributed by atoms with E-state index in [1.54, 1.807) is 0 Å². The summed E-state index contributed by atoms with van der Waals surface area (Å²) < 4.78 is 5.22. The second kappa shape index (κ2) is 9.61. The lowest BCUT2D eigenvalue weighted by molar-refractivity contribution is -0.154. The molecule has 2 amide bonds. The van der Waals surface area contributed by atoms with Gasteiger partial charge in [-0.1, -0.05) is 11.3 Å². The van der Waals surface area contributed by atoms with E-state index in [1.165, 1.54) is 22.7 Å². The predicted octanol–water partition coefficient (Wildman–Crippen LogP) is 3.88. The van der Waals surface area contributed by atoms with Gasteiger partial charge in [-0.25, -0.2) is 14.8 Å². The van der Waals surface area contributed by atoms with Gasteiger partial charge in [-0.15, -0.1) is 11.3 Å². The maximum Gasteiger partial charge on any atom is 0.321 e. The fraction of sp³-hybridized carbons (Fsp3) is 0.500. The smallest absolute Gasteiger partial charge is 0.321 e. The Kier molecular flexibility index (Phi) is 7.48. The molecule has 150 valence electrons. The first-order valence-electron chi connectivity index (χ1n) is 8.74. The Morgan fingerprint density at radius 1 is 1.32 bits per heavy atom. The summed E-state index contributed by atoms with van der Waals surface area (Å²) in [4.78, 5) is 33.3. The molecule has 0 aliphatic heterocycles. The Balaban J connectivity index is 1.81. The maximum absolute atomic E-state index is 12.0. The van der Waals surface area contributed by atoms with E-state index in [0.717, 1.165) is 21.3 Å². The van der Waals surface area contributed by atoms with Crippen molar-refractivity contribution in [2.75, 3.05) is 11.9 Å². The van der Waals surface area contributed by atoms with E-state index in [-0.39, 0.29) is 24.8 Å². The Labute approximate surface area is 172 Å². The lowest BCUT2D eigenvalue weighted by atomic mass is 10.2. The molecule has 10 heteroatoms. The van der Waals surface area contributed by atoms with E-state index in [2.05, 4.69) is 26.7 Å². The number of anilines is 1. The van der Waals surface area contributed by atoms with Crippen LogP contribution in [0.3, 0.4) is 0 Å². The molecule has 0 aromatic carbocycles. The SMILES string of the molecule is Cc1nc(NC(=O)NCCCC(=O)OC(C)(C)C)sc1-c1csc(CC#N)n1. The summed E-state index contributed by atoms with van der Waals surface area (Å²) >= 11 is 2.75. The van der Waals surface area contributed by atoms with Crippen molar-refractivity contribution in [1.29, 1.82) is 5.26 Å². The molecule has 0 unspecified atom stereocenters.